The van der Waals surface area contributed by atoms with Crippen LogP contribution in [0.3, 0.4) is 0 Å². The molecule has 0 aliphatic rings. The topological polar surface area (TPSA) is 82.7 Å². The Hall–Kier alpha value is -4.00. The van der Waals surface area contributed by atoms with Gasteiger partial charge in [-0.3, -0.25) is 9.36 Å². The lowest BCUT2D eigenvalue weighted by Crippen LogP contribution is -2.23. The molecule has 0 radical (unpaired) electrons. The molecule has 3 aromatic carbocycles. The fourth-order valence-electron chi connectivity index (χ4n) is 3.59. The number of rotatable bonds is 10. The van der Waals surface area contributed by atoms with Crippen molar-refractivity contribution in [2.45, 2.75) is 32.5 Å². The molecule has 1 N–H and O–H groups in total. The van der Waals surface area contributed by atoms with Gasteiger partial charge in [-0.2, -0.15) is 0 Å². The minimum Gasteiger partial charge on any atom is -0.493 e. The van der Waals surface area contributed by atoms with Gasteiger partial charge in [0.05, 0.1) is 12.6 Å². The molecule has 0 aliphatic heterocycles. The zero-order valence-corrected chi connectivity index (χ0v) is 18.5. The summed E-state index contributed by atoms with van der Waals surface area (Å²) in [6.07, 6.45) is 0.839. The Morgan fingerprint density at radius 3 is 2.58 bits per heavy atom. The number of aryl methyl sites for hydroxylation is 1. The highest BCUT2D eigenvalue weighted by atomic mass is 16.5. The summed E-state index contributed by atoms with van der Waals surface area (Å²) < 4.78 is 18.1. The van der Waals surface area contributed by atoms with Gasteiger partial charge < -0.3 is 19.2 Å². The van der Waals surface area contributed by atoms with Crippen LogP contribution in [0.5, 0.6) is 11.5 Å². The predicted octanol–water partition coefficient (Wildman–Crippen LogP) is 4.28. The van der Waals surface area contributed by atoms with Gasteiger partial charge >= 0.3 is 5.76 Å². The number of nitrogens with one attached hydrogen (secondary N) is 1. The number of oxazole rings is 1. The molecule has 1 heterocycles. The first-order valence-electron chi connectivity index (χ1n) is 10.8. The number of hydrogen-bond acceptors (Lipinski definition) is 5. The molecular formula is C26H26N2O5. The van der Waals surface area contributed by atoms with Crippen LogP contribution in [0.2, 0.25) is 0 Å². The number of aromatic nitrogens is 1. The molecule has 7 heteroatoms. The van der Waals surface area contributed by atoms with E-state index in [1.165, 1.54) is 0 Å². The van der Waals surface area contributed by atoms with Crippen LogP contribution in [-0.4, -0.2) is 17.6 Å². The van der Waals surface area contributed by atoms with E-state index in [0.717, 1.165) is 16.6 Å². The average molecular weight is 447 g/mol. The van der Waals surface area contributed by atoms with Gasteiger partial charge in [-0.1, -0.05) is 48.5 Å². The third-order valence-corrected chi connectivity index (χ3v) is 5.31. The molecule has 0 aliphatic carbocycles. The molecule has 1 amide bonds. The molecule has 0 fully saturated rings. The monoisotopic (exact) mass is 446 g/mol. The Morgan fingerprint density at radius 2 is 1.76 bits per heavy atom. The fourth-order valence-corrected chi connectivity index (χ4v) is 3.59. The van der Waals surface area contributed by atoms with Gasteiger partial charge in [0.15, 0.2) is 17.1 Å². The Labute approximate surface area is 191 Å². The predicted molar refractivity (Wildman–Crippen MR) is 125 cm³/mol. The fraction of sp³-hybridized carbons (Fsp3) is 0.231. The molecule has 7 nitrogen and oxygen atoms in total. The average Bonchev–Trinajstić information content (AvgIpc) is 3.17. The molecule has 0 atom stereocenters. The van der Waals surface area contributed by atoms with Gasteiger partial charge in [0, 0.05) is 19.5 Å². The number of methoxy groups -OCH3 is 1. The van der Waals surface area contributed by atoms with E-state index in [1.807, 2.05) is 66.7 Å². The highest BCUT2D eigenvalue weighted by Gasteiger charge is 2.10. The summed E-state index contributed by atoms with van der Waals surface area (Å²) in [5.74, 6) is 0.774. The van der Waals surface area contributed by atoms with Crippen LogP contribution < -0.4 is 20.5 Å². The normalized spacial score (nSPS) is 10.8. The Morgan fingerprint density at radius 1 is 0.970 bits per heavy atom. The first-order valence-corrected chi connectivity index (χ1v) is 10.8. The van der Waals surface area contributed by atoms with E-state index in [2.05, 4.69) is 5.32 Å². The molecule has 1 aromatic heterocycles. The van der Waals surface area contributed by atoms with Crippen LogP contribution in [-0.2, 0) is 24.5 Å². The van der Waals surface area contributed by atoms with Crippen LogP contribution in [0, 0.1) is 0 Å². The Bertz CT molecular complexity index is 1280. The number of fused-ring (bicyclic) bond motifs is 1. The second kappa shape index (κ2) is 10.5. The van der Waals surface area contributed by atoms with E-state index < -0.39 is 5.76 Å². The van der Waals surface area contributed by atoms with Crippen molar-refractivity contribution < 1.29 is 18.7 Å². The van der Waals surface area contributed by atoms with Crippen molar-refractivity contribution in [3.63, 3.8) is 0 Å². The molecule has 0 unspecified atom stereocenters. The van der Waals surface area contributed by atoms with Crippen LogP contribution in [0.4, 0.5) is 0 Å². The van der Waals surface area contributed by atoms with Gasteiger partial charge in [0.1, 0.15) is 6.61 Å². The zero-order valence-electron chi connectivity index (χ0n) is 18.5. The second-order valence-electron chi connectivity index (χ2n) is 7.63. The van der Waals surface area contributed by atoms with Crippen LogP contribution in [0.25, 0.3) is 11.1 Å². The van der Waals surface area contributed by atoms with Crippen molar-refractivity contribution in [3.05, 3.63) is 94.5 Å². The van der Waals surface area contributed by atoms with Crippen molar-refractivity contribution in [1.82, 2.24) is 9.88 Å². The molecule has 170 valence electrons. The number of carbonyl (C=O) groups is 1. The number of nitrogens with zero attached hydrogens (tertiary/aromatic N) is 1. The Kier molecular flexibility index (Phi) is 7.09. The number of carbonyl (C=O) groups excluding carboxylic acids is 1. The van der Waals surface area contributed by atoms with Gasteiger partial charge in [-0.25, -0.2) is 4.79 Å². The summed E-state index contributed by atoms with van der Waals surface area (Å²) in [6, 6.07) is 22.8. The van der Waals surface area contributed by atoms with Crippen LogP contribution in [0.15, 0.2) is 82.0 Å². The summed E-state index contributed by atoms with van der Waals surface area (Å²) in [5, 5.41) is 2.91. The van der Waals surface area contributed by atoms with Crippen molar-refractivity contribution in [1.29, 1.82) is 0 Å². The van der Waals surface area contributed by atoms with Gasteiger partial charge in [0.2, 0.25) is 5.91 Å². The number of ether oxygens (including phenoxy) is 2. The number of para-hydroxylation sites is 2. The minimum atomic E-state index is -0.404. The Balaban J connectivity index is 1.27. The lowest BCUT2D eigenvalue weighted by molar-refractivity contribution is -0.121. The minimum absolute atomic E-state index is 0.0841. The first kappa shape index (κ1) is 22.2. The summed E-state index contributed by atoms with van der Waals surface area (Å²) in [4.78, 5) is 24.3. The van der Waals surface area contributed by atoms with Gasteiger partial charge in [-0.15, -0.1) is 0 Å². The van der Waals surface area contributed by atoms with E-state index in [-0.39, 0.29) is 5.91 Å². The molecule has 4 aromatic rings. The lowest BCUT2D eigenvalue weighted by atomic mass is 10.2. The van der Waals surface area contributed by atoms with E-state index in [4.69, 9.17) is 13.9 Å². The van der Waals surface area contributed by atoms with Gasteiger partial charge in [0.25, 0.3) is 0 Å². The number of hydrogen-bond donors (Lipinski definition) is 1. The standard InChI is InChI=1S/C26H26N2O5/c1-31-24-16-20(13-14-23(24)32-18-19-8-3-2-4-9-19)17-27-25(29)12-7-15-28-21-10-5-6-11-22(21)33-26(28)30/h2-6,8-11,13-14,16H,7,12,15,17-18H2,1H3,(H,27,29). The maximum absolute atomic E-state index is 12.3. The summed E-state index contributed by atoms with van der Waals surface area (Å²) in [6.45, 7) is 1.25. The highest BCUT2D eigenvalue weighted by Crippen LogP contribution is 2.29. The molecule has 0 saturated heterocycles. The largest absolute Gasteiger partial charge is 0.493 e. The molecular weight excluding hydrogens is 420 g/mol. The molecule has 0 spiro atoms. The quantitative estimate of drug-likeness (QED) is 0.393. The zero-order chi connectivity index (χ0) is 23.0. The summed E-state index contributed by atoms with van der Waals surface area (Å²) in [5.41, 5.74) is 3.27. The molecule has 0 saturated carbocycles. The smallest absolute Gasteiger partial charge is 0.419 e. The van der Waals surface area contributed by atoms with Crippen LogP contribution in [0.1, 0.15) is 24.0 Å². The van der Waals surface area contributed by atoms with Crippen molar-refractivity contribution >= 4 is 17.0 Å². The summed E-state index contributed by atoms with van der Waals surface area (Å²) in [7, 11) is 1.59. The maximum Gasteiger partial charge on any atom is 0.419 e. The summed E-state index contributed by atoms with van der Waals surface area (Å²) >= 11 is 0. The first-order chi connectivity index (χ1) is 16.1. The SMILES string of the molecule is COc1cc(CNC(=O)CCCn2c(=O)oc3ccccc32)ccc1OCc1ccccc1. The van der Waals surface area contributed by atoms with Crippen molar-refractivity contribution in [2.24, 2.45) is 0 Å². The van der Waals surface area contributed by atoms with E-state index in [9.17, 15) is 9.59 Å². The van der Waals surface area contributed by atoms with E-state index in [0.29, 0.717) is 49.6 Å². The third kappa shape index (κ3) is 5.63. The van der Waals surface area contributed by atoms with Crippen LogP contribution >= 0.6 is 0 Å². The number of benzene rings is 3. The number of amides is 1. The maximum atomic E-state index is 12.3. The lowest BCUT2D eigenvalue weighted by Gasteiger charge is -2.13. The molecule has 33 heavy (non-hydrogen) atoms. The molecule has 4 rings (SSSR count). The van der Waals surface area contributed by atoms with Gasteiger partial charge in [-0.05, 0) is 41.8 Å². The van der Waals surface area contributed by atoms with Crippen molar-refractivity contribution in [2.75, 3.05) is 7.11 Å². The van der Waals surface area contributed by atoms with E-state index in [1.54, 1.807) is 17.7 Å². The van der Waals surface area contributed by atoms with E-state index >= 15 is 0 Å². The molecule has 0 bridgehead atoms. The second-order valence-corrected chi connectivity index (χ2v) is 7.63. The highest BCUT2D eigenvalue weighted by molar-refractivity contribution is 5.76. The van der Waals surface area contributed by atoms with Crippen molar-refractivity contribution in [3.8, 4) is 11.5 Å². The third-order valence-electron chi connectivity index (χ3n) is 5.31.